The van der Waals surface area contributed by atoms with E-state index in [0.29, 0.717) is 53.9 Å². The van der Waals surface area contributed by atoms with Crippen LogP contribution in [0.25, 0.3) is 0 Å². The van der Waals surface area contributed by atoms with Crippen molar-refractivity contribution < 1.29 is 28.5 Å². The van der Waals surface area contributed by atoms with Gasteiger partial charge in [-0.15, -0.1) is 0 Å². The van der Waals surface area contributed by atoms with Gasteiger partial charge in [-0.2, -0.15) is 5.26 Å². The molecule has 0 atom stereocenters. The van der Waals surface area contributed by atoms with Crippen molar-refractivity contribution >= 4 is 17.5 Å². The van der Waals surface area contributed by atoms with Crippen LogP contribution in [0.3, 0.4) is 0 Å². The van der Waals surface area contributed by atoms with Gasteiger partial charge in [-0.25, -0.2) is 4.79 Å². The number of carboxylic acids is 1. The molecule has 2 aliphatic carbocycles. The van der Waals surface area contributed by atoms with Gasteiger partial charge in [0.1, 0.15) is 0 Å². The zero-order valence-electron chi connectivity index (χ0n) is 24.7. The highest BCUT2D eigenvalue weighted by Gasteiger charge is 2.37. The molecule has 0 fully saturated rings. The van der Waals surface area contributed by atoms with E-state index >= 15 is 0 Å². The van der Waals surface area contributed by atoms with Crippen LogP contribution in [0, 0.1) is 22.2 Å². The summed E-state index contributed by atoms with van der Waals surface area (Å²) in [5.74, 6) is 0.436. The van der Waals surface area contributed by atoms with Gasteiger partial charge in [-0.05, 0) is 59.1 Å². The largest absolute Gasteiger partial charge is 0.478 e. The Hall–Kier alpha value is -4.84. The number of nitriles is 1. The van der Waals surface area contributed by atoms with E-state index in [0.717, 1.165) is 35.4 Å². The maximum Gasteiger partial charge on any atom is 0.335 e. The van der Waals surface area contributed by atoms with Crippen molar-refractivity contribution in [3.8, 4) is 6.07 Å². The summed E-state index contributed by atoms with van der Waals surface area (Å²) in [7, 11) is 0. The fraction of sp³-hybridized carbons (Fsp3) is 0.353. The second-order valence-electron chi connectivity index (χ2n) is 12.9. The molecule has 4 aromatic rings. The quantitative estimate of drug-likeness (QED) is 0.283. The Morgan fingerprint density at radius 3 is 1.58 bits per heavy atom. The molecule has 0 radical (unpaired) electrons. The molecule has 0 bridgehead atoms. The van der Waals surface area contributed by atoms with Gasteiger partial charge in [-0.1, -0.05) is 62.3 Å². The lowest BCUT2D eigenvalue weighted by Crippen LogP contribution is -2.27. The van der Waals surface area contributed by atoms with Gasteiger partial charge in [-0.3, -0.25) is 9.59 Å². The topological polar surface area (TPSA) is 147 Å². The van der Waals surface area contributed by atoms with Crippen LogP contribution in [0.5, 0.6) is 0 Å². The van der Waals surface area contributed by atoms with Gasteiger partial charge in [0.05, 0.1) is 39.7 Å². The van der Waals surface area contributed by atoms with Crippen molar-refractivity contribution in [3.05, 3.63) is 105 Å². The average Bonchev–Trinajstić information content (AvgIpc) is 3.52. The highest BCUT2D eigenvalue weighted by Crippen LogP contribution is 2.37. The number of hydrogen-bond acceptors (Lipinski definition) is 8. The first-order valence-electron chi connectivity index (χ1n) is 14.2. The number of ketones is 2. The van der Waals surface area contributed by atoms with Gasteiger partial charge in [0.15, 0.2) is 23.1 Å². The van der Waals surface area contributed by atoms with Crippen molar-refractivity contribution in [2.45, 2.75) is 66.2 Å². The lowest BCUT2D eigenvalue weighted by Gasteiger charge is -2.26. The predicted octanol–water partition coefficient (Wildman–Crippen LogP) is 6.41. The molecule has 6 rings (SSSR count). The lowest BCUT2D eigenvalue weighted by atomic mass is 9.75. The minimum absolute atomic E-state index is 0.0489. The van der Waals surface area contributed by atoms with E-state index in [1.165, 1.54) is 0 Å². The van der Waals surface area contributed by atoms with Crippen LogP contribution in [0.15, 0.2) is 57.6 Å². The van der Waals surface area contributed by atoms with E-state index < -0.39 is 5.97 Å². The first kappa shape index (κ1) is 29.6. The fourth-order valence-corrected chi connectivity index (χ4v) is 5.75. The fourth-order valence-electron chi connectivity index (χ4n) is 5.75. The van der Waals surface area contributed by atoms with E-state index in [1.807, 2.05) is 26.0 Å². The molecule has 0 spiro atoms. The van der Waals surface area contributed by atoms with Crippen molar-refractivity contribution in [2.75, 3.05) is 0 Å². The third-order valence-corrected chi connectivity index (χ3v) is 7.81. The van der Waals surface area contributed by atoms with Crippen LogP contribution in [0.2, 0.25) is 0 Å². The number of benzene rings is 2. The number of aromatic carboxylic acids is 1. The van der Waals surface area contributed by atoms with Crippen LogP contribution < -0.4 is 0 Å². The Morgan fingerprint density at radius 2 is 1.19 bits per heavy atom. The maximum atomic E-state index is 12.3. The average molecular weight is 580 g/mol. The number of rotatable bonds is 5. The van der Waals surface area contributed by atoms with E-state index in [9.17, 15) is 14.4 Å². The molecule has 0 aliphatic heterocycles. The maximum absolute atomic E-state index is 12.3. The number of nitrogens with zero attached hydrogens (tertiary/aromatic N) is 3. The van der Waals surface area contributed by atoms with Crippen molar-refractivity contribution in [3.63, 3.8) is 0 Å². The standard InChI is InChI=1S/C17H16N2O2.C17H17NO4/c1-17(2)8-13-16(14(20)9-17)15(21-19-13)7-11-3-5-12(10-18)6-4-11;1-17(2)8-12-15(13(19)9-17)14(22-18-12)7-10-3-5-11(6-4-10)16(20)21/h3-6H,7-9H2,1-2H3;3-6H,7-9H2,1-2H3,(H,20,21). The summed E-state index contributed by atoms with van der Waals surface area (Å²) in [5, 5.41) is 25.8. The van der Waals surface area contributed by atoms with Gasteiger partial charge < -0.3 is 14.2 Å². The molecule has 220 valence electrons. The van der Waals surface area contributed by atoms with Crippen molar-refractivity contribution in [2.24, 2.45) is 10.8 Å². The van der Waals surface area contributed by atoms with Crippen LogP contribution in [-0.2, 0) is 25.7 Å². The third-order valence-electron chi connectivity index (χ3n) is 7.81. The molecule has 1 N–H and O–H groups in total. The Labute approximate surface area is 249 Å². The molecule has 2 aliphatic rings. The van der Waals surface area contributed by atoms with Gasteiger partial charge in [0.2, 0.25) is 0 Å². The Morgan fingerprint density at radius 1 is 0.767 bits per heavy atom. The summed E-state index contributed by atoms with van der Waals surface area (Å²) in [6.07, 6.45) is 3.49. The summed E-state index contributed by atoms with van der Waals surface area (Å²) in [6.45, 7) is 8.24. The molecule has 0 saturated carbocycles. The SMILES string of the molecule is CC1(C)CC(=O)c2c(noc2Cc2ccc(C#N)cc2)C1.CC1(C)CC(=O)c2c(noc2Cc2ccc(C(=O)O)cc2)C1. The highest BCUT2D eigenvalue weighted by molar-refractivity contribution is 6.00. The monoisotopic (exact) mass is 579 g/mol. The number of carbonyl (C=O) groups excluding carboxylic acids is 2. The number of fused-ring (bicyclic) bond motifs is 2. The van der Waals surface area contributed by atoms with Crippen molar-refractivity contribution in [1.29, 1.82) is 5.26 Å². The number of aromatic nitrogens is 2. The summed E-state index contributed by atoms with van der Waals surface area (Å²) in [5.41, 5.74) is 5.41. The van der Waals surface area contributed by atoms with Gasteiger partial charge in [0, 0.05) is 25.7 Å². The van der Waals surface area contributed by atoms with Crippen LogP contribution in [0.4, 0.5) is 0 Å². The molecule has 2 heterocycles. The third kappa shape index (κ3) is 6.64. The first-order valence-corrected chi connectivity index (χ1v) is 14.2. The van der Waals surface area contributed by atoms with Crippen LogP contribution >= 0.6 is 0 Å². The summed E-state index contributed by atoms with van der Waals surface area (Å²) in [6, 6.07) is 15.9. The molecule has 2 aromatic heterocycles. The molecule has 43 heavy (non-hydrogen) atoms. The van der Waals surface area contributed by atoms with E-state index in [1.54, 1.807) is 36.4 Å². The zero-order chi connectivity index (χ0) is 30.9. The number of Topliss-reactive ketones (excluding diaryl/α,β-unsaturated/α-hetero) is 2. The number of carboxylic acid groups (broad SMARTS) is 1. The minimum atomic E-state index is -0.957. The zero-order valence-corrected chi connectivity index (χ0v) is 24.7. The normalized spacial score (nSPS) is 16.3. The molecule has 2 aromatic carbocycles. The number of hydrogen-bond donors (Lipinski definition) is 1. The summed E-state index contributed by atoms with van der Waals surface area (Å²) < 4.78 is 10.8. The second-order valence-corrected chi connectivity index (χ2v) is 12.9. The molecule has 0 saturated heterocycles. The minimum Gasteiger partial charge on any atom is -0.478 e. The van der Waals surface area contributed by atoms with Crippen molar-refractivity contribution in [1.82, 2.24) is 10.3 Å². The van der Waals surface area contributed by atoms with Gasteiger partial charge in [0.25, 0.3) is 0 Å². The molecule has 9 heteroatoms. The lowest BCUT2D eigenvalue weighted by molar-refractivity contribution is 0.0696. The van der Waals surface area contributed by atoms with Crippen LogP contribution in [-0.4, -0.2) is 33.0 Å². The molecule has 0 amide bonds. The smallest absolute Gasteiger partial charge is 0.335 e. The van der Waals surface area contributed by atoms with E-state index in [2.05, 4.69) is 30.2 Å². The van der Waals surface area contributed by atoms with Crippen LogP contribution in [0.1, 0.15) is 111 Å². The van der Waals surface area contributed by atoms with Gasteiger partial charge >= 0.3 is 5.97 Å². The molecule has 0 unspecified atom stereocenters. The van der Waals surface area contributed by atoms with E-state index in [4.69, 9.17) is 19.4 Å². The molecular weight excluding hydrogens is 546 g/mol. The second kappa shape index (κ2) is 11.4. The Balaban J connectivity index is 0.000000171. The Kier molecular flexibility index (Phi) is 7.89. The molecule has 9 nitrogen and oxygen atoms in total. The predicted molar refractivity (Wildman–Crippen MR) is 156 cm³/mol. The Bertz CT molecular complexity index is 1730. The summed E-state index contributed by atoms with van der Waals surface area (Å²) >= 11 is 0. The van der Waals surface area contributed by atoms with E-state index in [-0.39, 0.29) is 28.0 Å². The summed E-state index contributed by atoms with van der Waals surface area (Å²) in [4.78, 5) is 35.5. The number of carbonyl (C=O) groups is 3. The first-order chi connectivity index (χ1) is 20.3. The molecular formula is C34H33N3O6. The highest BCUT2D eigenvalue weighted by atomic mass is 16.5.